The molecule has 0 unspecified atom stereocenters. The number of Topliss-reactive ketones (excluding diaryl/α,β-unsaturated/α-hetero) is 2. The molecule has 2 N–H and O–H groups in total. The highest BCUT2D eigenvalue weighted by atomic mass is 16.5. The largest absolute Gasteiger partial charge is 0.489 e. The fourth-order valence-electron chi connectivity index (χ4n) is 1.80. The summed E-state index contributed by atoms with van der Waals surface area (Å²) in [7, 11) is 2.69. The Morgan fingerprint density at radius 2 is 1.68 bits per heavy atom. The van der Waals surface area contributed by atoms with E-state index in [1.54, 1.807) is 6.92 Å². The Bertz CT molecular complexity index is 498. The zero-order chi connectivity index (χ0) is 14.6. The van der Waals surface area contributed by atoms with E-state index in [9.17, 15) is 9.59 Å². The van der Waals surface area contributed by atoms with Gasteiger partial charge in [-0.15, -0.1) is 0 Å². The standard InChI is InChI=1S/C14H19NO4/c1-8(7-15)5-6-10-9(2)11(16)13(18-3)14(19-4)12(10)17/h5H,6-7,15H2,1-4H3/b8-5+. The maximum atomic E-state index is 12.2. The monoisotopic (exact) mass is 265 g/mol. The third-order valence-corrected chi connectivity index (χ3v) is 3.07. The maximum absolute atomic E-state index is 12.2. The van der Waals surface area contributed by atoms with E-state index < -0.39 is 0 Å². The third-order valence-electron chi connectivity index (χ3n) is 3.07. The summed E-state index contributed by atoms with van der Waals surface area (Å²) >= 11 is 0. The van der Waals surface area contributed by atoms with Crippen LogP contribution in [0, 0.1) is 0 Å². The molecule has 0 heterocycles. The first-order chi connectivity index (χ1) is 8.97. The van der Waals surface area contributed by atoms with E-state index in [1.165, 1.54) is 14.2 Å². The smallest absolute Gasteiger partial charge is 0.228 e. The molecule has 0 bridgehead atoms. The summed E-state index contributed by atoms with van der Waals surface area (Å²) < 4.78 is 9.95. The first kappa shape index (κ1) is 15.2. The fourth-order valence-corrected chi connectivity index (χ4v) is 1.80. The summed E-state index contributed by atoms with van der Waals surface area (Å²) in [6.07, 6.45) is 2.21. The molecule has 1 aliphatic rings. The number of nitrogens with two attached hydrogens (primary N) is 1. The summed E-state index contributed by atoms with van der Waals surface area (Å²) in [5.41, 5.74) is 7.27. The molecule has 0 aromatic rings. The summed E-state index contributed by atoms with van der Waals surface area (Å²) in [5, 5.41) is 0. The average molecular weight is 265 g/mol. The molecule has 104 valence electrons. The Morgan fingerprint density at radius 1 is 1.16 bits per heavy atom. The van der Waals surface area contributed by atoms with Crippen LogP contribution in [0.15, 0.2) is 34.3 Å². The lowest BCUT2D eigenvalue weighted by Gasteiger charge is -2.19. The van der Waals surface area contributed by atoms with Crippen LogP contribution in [0.4, 0.5) is 0 Å². The van der Waals surface area contributed by atoms with Crippen molar-refractivity contribution in [3.05, 3.63) is 34.3 Å². The fraction of sp³-hybridized carbons (Fsp3) is 0.429. The molecule has 0 aromatic carbocycles. The number of carbonyl (C=O) groups is 2. The van der Waals surface area contributed by atoms with E-state index in [1.807, 2.05) is 13.0 Å². The van der Waals surface area contributed by atoms with Gasteiger partial charge in [-0.25, -0.2) is 0 Å². The van der Waals surface area contributed by atoms with Crippen LogP contribution in [0.2, 0.25) is 0 Å². The Morgan fingerprint density at radius 3 is 2.16 bits per heavy atom. The van der Waals surface area contributed by atoms with Crippen molar-refractivity contribution in [1.29, 1.82) is 0 Å². The van der Waals surface area contributed by atoms with Gasteiger partial charge in [-0.2, -0.15) is 0 Å². The molecule has 0 atom stereocenters. The minimum Gasteiger partial charge on any atom is -0.489 e. The van der Waals surface area contributed by atoms with Gasteiger partial charge in [0.15, 0.2) is 0 Å². The van der Waals surface area contributed by atoms with Crippen molar-refractivity contribution in [2.45, 2.75) is 20.3 Å². The van der Waals surface area contributed by atoms with E-state index in [4.69, 9.17) is 15.2 Å². The van der Waals surface area contributed by atoms with Crippen molar-refractivity contribution in [3.63, 3.8) is 0 Å². The van der Waals surface area contributed by atoms with Gasteiger partial charge in [0.2, 0.25) is 23.1 Å². The van der Waals surface area contributed by atoms with Gasteiger partial charge < -0.3 is 15.2 Å². The lowest BCUT2D eigenvalue weighted by molar-refractivity contribution is -0.121. The number of rotatable bonds is 5. The molecule has 1 aliphatic carbocycles. The predicted octanol–water partition coefficient (Wildman–Crippen LogP) is 1.25. The second-order valence-electron chi connectivity index (χ2n) is 4.29. The second kappa shape index (κ2) is 6.33. The minimum absolute atomic E-state index is 0.0340. The van der Waals surface area contributed by atoms with Gasteiger partial charge in [0.1, 0.15) is 0 Å². The molecule has 1 rings (SSSR count). The molecule has 0 fully saturated rings. The summed E-state index contributed by atoms with van der Waals surface area (Å²) in [6, 6.07) is 0. The third kappa shape index (κ3) is 2.93. The highest BCUT2D eigenvalue weighted by Gasteiger charge is 2.33. The summed E-state index contributed by atoms with van der Waals surface area (Å²) in [6.45, 7) is 3.91. The van der Waals surface area contributed by atoms with Crippen LogP contribution in [0.5, 0.6) is 0 Å². The molecule has 0 aromatic heterocycles. The van der Waals surface area contributed by atoms with Crippen LogP contribution in [0.25, 0.3) is 0 Å². The predicted molar refractivity (Wildman–Crippen MR) is 71.2 cm³/mol. The number of methoxy groups -OCH3 is 2. The SMILES string of the molecule is COC1=C(OC)C(=O)C(C/C=C(\C)CN)=C(C)C1=O. The van der Waals surface area contributed by atoms with E-state index in [0.717, 1.165) is 5.57 Å². The molecule has 5 nitrogen and oxygen atoms in total. The van der Waals surface area contributed by atoms with Crippen LogP contribution in [0.3, 0.4) is 0 Å². The van der Waals surface area contributed by atoms with Crippen molar-refractivity contribution >= 4 is 11.6 Å². The number of allylic oxidation sites excluding steroid dienone is 3. The van der Waals surface area contributed by atoms with Gasteiger partial charge in [-0.3, -0.25) is 9.59 Å². The van der Waals surface area contributed by atoms with Crippen LogP contribution in [-0.2, 0) is 19.1 Å². The van der Waals surface area contributed by atoms with E-state index in [-0.39, 0.29) is 23.1 Å². The lowest BCUT2D eigenvalue weighted by Crippen LogP contribution is -2.24. The van der Waals surface area contributed by atoms with Gasteiger partial charge in [-0.1, -0.05) is 11.6 Å². The van der Waals surface area contributed by atoms with Gasteiger partial charge >= 0.3 is 0 Å². The lowest BCUT2D eigenvalue weighted by atomic mass is 9.90. The zero-order valence-electron chi connectivity index (χ0n) is 11.7. The maximum Gasteiger partial charge on any atom is 0.228 e. The van der Waals surface area contributed by atoms with Crippen molar-refractivity contribution in [2.75, 3.05) is 20.8 Å². The highest BCUT2D eigenvalue weighted by molar-refractivity contribution is 6.23. The van der Waals surface area contributed by atoms with Gasteiger partial charge in [0.25, 0.3) is 0 Å². The van der Waals surface area contributed by atoms with Crippen molar-refractivity contribution in [3.8, 4) is 0 Å². The Labute approximate surface area is 112 Å². The molecular weight excluding hydrogens is 246 g/mol. The van der Waals surface area contributed by atoms with Gasteiger partial charge in [0.05, 0.1) is 14.2 Å². The number of ether oxygens (including phenoxy) is 2. The number of hydrogen-bond donors (Lipinski definition) is 1. The van der Waals surface area contributed by atoms with Gasteiger partial charge in [-0.05, 0) is 20.3 Å². The van der Waals surface area contributed by atoms with Crippen molar-refractivity contribution < 1.29 is 19.1 Å². The Kier molecular flexibility index (Phi) is 5.06. The van der Waals surface area contributed by atoms with Crippen LogP contribution in [-0.4, -0.2) is 32.3 Å². The normalized spacial score (nSPS) is 17.2. The molecule has 0 amide bonds. The quantitative estimate of drug-likeness (QED) is 0.598. The molecule has 5 heteroatoms. The Balaban J connectivity index is 3.17. The zero-order valence-corrected chi connectivity index (χ0v) is 11.7. The number of hydrogen-bond acceptors (Lipinski definition) is 5. The summed E-state index contributed by atoms with van der Waals surface area (Å²) in [5.74, 6) is -0.689. The summed E-state index contributed by atoms with van der Waals surface area (Å²) in [4.78, 5) is 24.3. The molecule has 0 radical (unpaired) electrons. The van der Waals surface area contributed by atoms with Crippen LogP contribution >= 0.6 is 0 Å². The second-order valence-corrected chi connectivity index (χ2v) is 4.29. The van der Waals surface area contributed by atoms with E-state index >= 15 is 0 Å². The first-order valence-corrected chi connectivity index (χ1v) is 5.95. The molecule has 0 aliphatic heterocycles. The van der Waals surface area contributed by atoms with Gasteiger partial charge in [0, 0.05) is 17.7 Å². The molecule has 19 heavy (non-hydrogen) atoms. The van der Waals surface area contributed by atoms with Crippen molar-refractivity contribution in [2.24, 2.45) is 5.73 Å². The topological polar surface area (TPSA) is 78.6 Å². The molecule has 0 saturated carbocycles. The first-order valence-electron chi connectivity index (χ1n) is 5.95. The molecule has 0 saturated heterocycles. The number of carbonyl (C=O) groups excluding carboxylic acids is 2. The molecule has 0 spiro atoms. The van der Waals surface area contributed by atoms with E-state index in [2.05, 4.69) is 0 Å². The average Bonchev–Trinajstić information content (AvgIpc) is 2.41. The van der Waals surface area contributed by atoms with Crippen LogP contribution in [0.1, 0.15) is 20.3 Å². The Hall–Kier alpha value is -1.88. The van der Waals surface area contributed by atoms with Crippen LogP contribution < -0.4 is 5.73 Å². The highest BCUT2D eigenvalue weighted by Crippen LogP contribution is 2.27. The van der Waals surface area contributed by atoms with E-state index in [0.29, 0.717) is 24.1 Å². The minimum atomic E-state index is -0.312. The molecular formula is C14H19NO4. The number of ketones is 2. The van der Waals surface area contributed by atoms with Crippen molar-refractivity contribution in [1.82, 2.24) is 0 Å².